The van der Waals surface area contributed by atoms with Crippen molar-refractivity contribution in [3.63, 3.8) is 0 Å². The number of para-hydroxylation sites is 2. The van der Waals surface area contributed by atoms with E-state index in [4.69, 9.17) is 5.11 Å². The number of rotatable bonds is 6. The summed E-state index contributed by atoms with van der Waals surface area (Å²) < 4.78 is 1.44. The third-order valence-electron chi connectivity index (χ3n) is 3.11. The molecule has 2 aromatic rings. The number of hydrogen-bond acceptors (Lipinski definition) is 4. The molecule has 0 spiro atoms. The van der Waals surface area contributed by atoms with E-state index in [2.05, 4.69) is 10.4 Å². The number of carboxylic acids is 1. The second-order valence-electron chi connectivity index (χ2n) is 4.77. The molecule has 0 fully saturated rings. The molecule has 22 heavy (non-hydrogen) atoms. The Morgan fingerprint density at radius 3 is 2.73 bits per heavy atom. The zero-order valence-corrected chi connectivity index (χ0v) is 13.1. The fraction of sp³-hybridized carbons (Fsp3) is 0.267. The zero-order valence-electron chi connectivity index (χ0n) is 12.3. The molecule has 1 unspecified atom stereocenters. The van der Waals surface area contributed by atoms with Crippen LogP contribution in [0.3, 0.4) is 0 Å². The van der Waals surface area contributed by atoms with Crippen molar-refractivity contribution in [3.8, 4) is 5.69 Å². The van der Waals surface area contributed by atoms with Gasteiger partial charge in [-0.05, 0) is 24.5 Å². The highest BCUT2D eigenvalue weighted by Gasteiger charge is 2.13. The van der Waals surface area contributed by atoms with Crippen LogP contribution in [0.2, 0.25) is 0 Å². The fourth-order valence-corrected chi connectivity index (χ4v) is 2.21. The van der Waals surface area contributed by atoms with Crippen molar-refractivity contribution >= 4 is 29.3 Å². The summed E-state index contributed by atoms with van der Waals surface area (Å²) in [5.74, 6) is -1.17. The Labute approximate surface area is 132 Å². The van der Waals surface area contributed by atoms with Gasteiger partial charge < -0.3 is 10.4 Å². The van der Waals surface area contributed by atoms with Crippen LogP contribution in [0.1, 0.15) is 23.8 Å². The number of aromatic nitrogens is 2. The Morgan fingerprint density at radius 2 is 2.09 bits per heavy atom. The summed E-state index contributed by atoms with van der Waals surface area (Å²) in [5.41, 5.74) is 1.18. The molecule has 6 nitrogen and oxygen atoms in total. The van der Waals surface area contributed by atoms with Gasteiger partial charge in [-0.1, -0.05) is 19.1 Å². The van der Waals surface area contributed by atoms with Crippen molar-refractivity contribution in [3.05, 3.63) is 42.2 Å². The highest BCUT2D eigenvalue weighted by Crippen LogP contribution is 2.20. The van der Waals surface area contributed by atoms with E-state index in [1.807, 2.05) is 13.2 Å². The summed E-state index contributed by atoms with van der Waals surface area (Å²) in [4.78, 5) is 22.9. The van der Waals surface area contributed by atoms with Gasteiger partial charge in [-0.3, -0.25) is 4.79 Å². The number of amides is 1. The number of nitrogens with zero attached hydrogens (tertiary/aromatic N) is 2. The van der Waals surface area contributed by atoms with Gasteiger partial charge in [0.05, 0.1) is 11.4 Å². The fourth-order valence-electron chi connectivity index (χ4n) is 1.90. The molecule has 1 aromatic heterocycles. The average molecular weight is 319 g/mol. The van der Waals surface area contributed by atoms with Crippen LogP contribution in [-0.2, 0) is 4.79 Å². The average Bonchev–Trinajstić information content (AvgIpc) is 2.97. The molecule has 0 bridgehead atoms. The minimum atomic E-state index is -1.09. The lowest BCUT2D eigenvalue weighted by molar-refractivity contribution is -0.116. The molecule has 116 valence electrons. The third kappa shape index (κ3) is 3.88. The number of carbonyl (C=O) groups excluding carboxylic acids is 1. The first kappa shape index (κ1) is 16.1. The van der Waals surface area contributed by atoms with Crippen LogP contribution >= 0.6 is 11.8 Å². The quantitative estimate of drug-likeness (QED) is 0.855. The predicted molar refractivity (Wildman–Crippen MR) is 86.7 cm³/mol. The van der Waals surface area contributed by atoms with E-state index in [1.54, 1.807) is 42.2 Å². The molecule has 0 aliphatic carbocycles. The second kappa shape index (κ2) is 7.13. The summed E-state index contributed by atoms with van der Waals surface area (Å²) in [6.07, 6.45) is 3.93. The maximum Gasteiger partial charge on any atom is 0.356 e. The first-order valence-electron chi connectivity index (χ1n) is 6.72. The Balaban J connectivity index is 2.22. The lowest BCUT2D eigenvalue weighted by Crippen LogP contribution is -2.17. The first-order chi connectivity index (χ1) is 10.5. The lowest BCUT2D eigenvalue weighted by Gasteiger charge is -2.12. The van der Waals surface area contributed by atoms with Crippen LogP contribution in [0.5, 0.6) is 0 Å². The van der Waals surface area contributed by atoms with Crippen LogP contribution in [0.15, 0.2) is 36.5 Å². The minimum Gasteiger partial charge on any atom is -0.476 e. The molecule has 1 heterocycles. The molecule has 1 atom stereocenters. The number of carboxylic acid groups (broad SMARTS) is 1. The lowest BCUT2D eigenvalue weighted by atomic mass is 10.2. The molecule has 2 N–H and O–H groups in total. The molecule has 0 aliphatic rings. The van der Waals surface area contributed by atoms with E-state index in [-0.39, 0.29) is 16.9 Å². The summed E-state index contributed by atoms with van der Waals surface area (Å²) in [7, 11) is 0. The van der Waals surface area contributed by atoms with Crippen LogP contribution in [0, 0.1) is 0 Å². The van der Waals surface area contributed by atoms with Gasteiger partial charge in [0.15, 0.2) is 5.69 Å². The maximum atomic E-state index is 12.0. The van der Waals surface area contributed by atoms with Gasteiger partial charge in [0.1, 0.15) is 0 Å². The SMILES string of the molecule is CSC(C)CC(=O)Nc1ccccc1-n1ccc(C(=O)O)n1. The molecule has 1 amide bonds. The van der Waals surface area contributed by atoms with Gasteiger partial charge in [0.25, 0.3) is 0 Å². The largest absolute Gasteiger partial charge is 0.476 e. The Hall–Kier alpha value is -2.28. The van der Waals surface area contributed by atoms with E-state index in [0.717, 1.165) is 0 Å². The molecule has 2 rings (SSSR count). The van der Waals surface area contributed by atoms with Gasteiger partial charge in [0.2, 0.25) is 5.91 Å². The van der Waals surface area contributed by atoms with Crippen molar-refractivity contribution in [2.45, 2.75) is 18.6 Å². The molecule has 0 aliphatic heterocycles. The third-order valence-corrected chi connectivity index (χ3v) is 4.08. The Morgan fingerprint density at radius 1 is 1.36 bits per heavy atom. The van der Waals surface area contributed by atoms with Gasteiger partial charge in [-0.15, -0.1) is 0 Å². The van der Waals surface area contributed by atoms with Crippen LogP contribution in [0.4, 0.5) is 5.69 Å². The summed E-state index contributed by atoms with van der Waals surface area (Å²) in [6, 6.07) is 8.55. The Kier molecular flexibility index (Phi) is 5.21. The summed E-state index contributed by atoms with van der Waals surface area (Å²) in [5, 5.41) is 16.0. The first-order valence-corrected chi connectivity index (χ1v) is 8.01. The van der Waals surface area contributed by atoms with Gasteiger partial charge >= 0.3 is 5.97 Å². The molecule has 0 radical (unpaired) electrons. The van der Waals surface area contributed by atoms with E-state index in [0.29, 0.717) is 17.8 Å². The molecular formula is C15H17N3O3S. The zero-order chi connectivity index (χ0) is 16.1. The van der Waals surface area contributed by atoms with E-state index < -0.39 is 5.97 Å². The van der Waals surface area contributed by atoms with E-state index in [9.17, 15) is 9.59 Å². The smallest absolute Gasteiger partial charge is 0.356 e. The van der Waals surface area contributed by atoms with Crippen molar-refractivity contribution in [2.75, 3.05) is 11.6 Å². The molecular weight excluding hydrogens is 302 g/mol. The Bertz CT molecular complexity index is 684. The molecule has 7 heteroatoms. The normalized spacial score (nSPS) is 11.9. The van der Waals surface area contributed by atoms with Crippen molar-refractivity contribution in [1.29, 1.82) is 0 Å². The van der Waals surface area contributed by atoms with E-state index >= 15 is 0 Å². The number of hydrogen-bond donors (Lipinski definition) is 2. The standard InChI is InChI=1S/C15H17N3O3S/c1-10(22-2)9-14(19)16-11-5-3-4-6-13(11)18-8-7-12(17-18)15(20)21/h3-8,10H,9H2,1-2H3,(H,16,19)(H,20,21). The number of carbonyl (C=O) groups is 2. The van der Waals surface area contributed by atoms with Crippen LogP contribution in [-0.4, -0.2) is 38.3 Å². The van der Waals surface area contributed by atoms with Crippen molar-refractivity contribution in [1.82, 2.24) is 9.78 Å². The number of thioether (sulfide) groups is 1. The highest BCUT2D eigenvalue weighted by molar-refractivity contribution is 7.99. The second-order valence-corrected chi connectivity index (χ2v) is 6.04. The highest BCUT2D eigenvalue weighted by atomic mass is 32.2. The molecule has 0 saturated heterocycles. The summed E-state index contributed by atoms with van der Waals surface area (Å²) in [6.45, 7) is 1.99. The minimum absolute atomic E-state index is 0.0443. The number of benzene rings is 1. The van der Waals surface area contributed by atoms with E-state index in [1.165, 1.54) is 10.7 Å². The number of aromatic carboxylic acids is 1. The molecule has 0 saturated carbocycles. The van der Waals surface area contributed by atoms with Gasteiger partial charge in [-0.2, -0.15) is 16.9 Å². The topological polar surface area (TPSA) is 84.2 Å². The number of nitrogens with one attached hydrogen (secondary N) is 1. The van der Waals surface area contributed by atoms with Crippen molar-refractivity contribution in [2.24, 2.45) is 0 Å². The van der Waals surface area contributed by atoms with Gasteiger partial charge in [0, 0.05) is 17.9 Å². The monoisotopic (exact) mass is 319 g/mol. The number of anilines is 1. The van der Waals surface area contributed by atoms with Crippen LogP contribution in [0.25, 0.3) is 5.69 Å². The maximum absolute atomic E-state index is 12.0. The molecule has 1 aromatic carbocycles. The predicted octanol–water partition coefficient (Wildman–Crippen LogP) is 2.65. The van der Waals surface area contributed by atoms with Crippen molar-refractivity contribution < 1.29 is 14.7 Å². The summed E-state index contributed by atoms with van der Waals surface area (Å²) >= 11 is 1.63. The van der Waals surface area contributed by atoms with Crippen LogP contribution < -0.4 is 5.32 Å². The van der Waals surface area contributed by atoms with Gasteiger partial charge in [-0.25, -0.2) is 9.48 Å².